The van der Waals surface area contributed by atoms with E-state index in [1.165, 1.54) is 141 Å². The van der Waals surface area contributed by atoms with Crippen LogP contribution in [0.5, 0.6) is 0 Å². The van der Waals surface area contributed by atoms with Crippen molar-refractivity contribution < 1.29 is 10.2 Å². The van der Waals surface area contributed by atoms with Crippen molar-refractivity contribution in [3.05, 3.63) is 0 Å². The SMILES string of the molecule is CCCCCCCCCCCCCCC(CO)N(CCO)CCCCCCCCCCCC. The second-order valence-electron chi connectivity index (χ2n) is 10.5. The highest BCUT2D eigenvalue weighted by molar-refractivity contribution is 4.71. The molecule has 0 amide bonds. The summed E-state index contributed by atoms with van der Waals surface area (Å²) >= 11 is 0. The summed E-state index contributed by atoms with van der Waals surface area (Å²) in [5.74, 6) is 0. The minimum atomic E-state index is 0.201. The van der Waals surface area contributed by atoms with E-state index in [1.807, 2.05) is 0 Å². The normalized spacial score (nSPS) is 12.6. The molecular weight excluding hydrogens is 406 g/mol. The molecule has 0 aliphatic carbocycles. The van der Waals surface area contributed by atoms with Gasteiger partial charge in [0, 0.05) is 12.6 Å². The van der Waals surface area contributed by atoms with E-state index in [0.717, 1.165) is 13.0 Å². The van der Waals surface area contributed by atoms with Crippen LogP contribution in [0.4, 0.5) is 0 Å². The Bertz CT molecular complexity index is 350. The first-order valence-corrected chi connectivity index (χ1v) is 15.3. The lowest BCUT2D eigenvalue weighted by molar-refractivity contribution is 0.0926. The highest BCUT2D eigenvalue weighted by Crippen LogP contribution is 2.16. The van der Waals surface area contributed by atoms with Gasteiger partial charge in [-0.3, -0.25) is 4.90 Å². The van der Waals surface area contributed by atoms with E-state index in [-0.39, 0.29) is 19.3 Å². The predicted octanol–water partition coefficient (Wildman–Crippen LogP) is 8.65. The number of hydrogen-bond donors (Lipinski definition) is 2. The monoisotopic (exact) mass is 469 g/mol. The molecule has 2 N–H and O–H groups in total. The van der Waals surface area contributed by atoms with Crippen LogP contribution in [0.1, 0.15) is 162 Å². The molecule has 0 bridgehead atoms. The molecule has 0 radical (unpaired) electrons. The lowest BCUT2D eigenvalue weighted by Crippen LogP contribution is -2.40. The number of rotatable bonds is 28. The zero-order chi connectivity index (χ0) is 24.2. The van der Waals surface area contributed by atoms with Crippen LogP contribution in [-0.2, 0) is 0 Å². The summed E-state index contributed by atoms with van der Waals surface area (Å²) in [6.07, 6.45) is 31.1. The van der Waals surface area contributed by atoms with E-state index in [1.54, 1.807) is 0 Å². The average molecular weight is 470 g/mol. The molecule has 3 nitrogen and oxygen atoms in total. The third-order valence-electron chi connectivity index (χ3n) is 7.30. The van der Waals surface area contributed by atoms with Crippen molar-refractivity contribution in [3.8, 4) is 0 Å². The van der Waals surface area contributed by atoms with Crippen LogP contribution in [0.3, 0.4) is 0 Å². The van der Waals surface area contributed by atoms with Gasteiger partial charge in [0.05, 0.1) is 13.2 Å². The van der Waals surface area contributed by atoms with Crippen molar-refractivity contribution in [1.82, 2.24) is 4.90 Å². The van der Waals surface area contributed by atoms with Gasteiger partial charge in [-0.1, -0.05) is 149 Å². The first-order valence-electron chi connectivity index (χ1n) is 15.3. The predicted molar refractivity (Wildman–Crippen MR) is 147 cm³/mol. The third-order valence-corrected chi connectivity index (χ3v) is 7.30. The number of aliphatic hydroxyl groups excluding tert-OH is 2. The number of aliphatic hydroxyl groups is 2. The van der Waals surface area contributed by atoms with Crippen molar-refractivity contribution in [2.75, 3.05) is 26.3 Å². The summed E-state index contributed by atoms with van der Waals surface area (Å²) in [6, 6.07) is 0.235. The quantitative estimate of drug-likeness (QED) is 0.113. The van der Waals surface area contributed by atoms with Crippen LogP contribution < -0.4 is 0 Å². The van der Waals surface area contributed by atoms with E-state index in [4.69, 9.17) is 0 Å². The highest BCUT2D eigenvalue weighted by atomic mass is 16.3. The molecule has 200 valence electrons. The number of unbranched alkanes of at least 4 members (excludes halogenated alkanes) is 20. The molecule has 33 heavy (non-hydrogen) atoms. The molecule has 0 heterocycles. The second-order valence-corrected chi connectivity index (χ2v) is 10.5. The van der Waals surface area contributed by atoms with Crippen LogP contribution in [0.2, 0.25) is 0 Å². The summed E-state index contributed by atoms with van der Waals surface area (Å²) in [6.45, 7) is 6.73. The maximum Gasteiger partial charge on any atom is 0.0586 e. The Morgan fingerprint density at radius 1 is 0.455 bits per heavy atom. The van der Waals surface area contributed by atoms with Gasteiger partial charge in [-0.15, -0.1) is 0 Å². The highest BCUT2D eigenvalue weighted by Gasteiger charge is 2.16. The van der Waals surface area contributed by atoms with Crippen LogP contribution in [0.15, 0.2) is 0 Å². The largest absolute Gasteiger partial charge is 0.395 e. The van der Waals surface area contributed by atoms with Gasteiger partial charge in [-0.25, -0.2) is 0 Å². The summed E-state index contributed by atoms with van der Waals surface area (Å²) in [5, 5.41) is 19.4. The first kappa shape index (κ1) is 32.9. The van der Waals surface area contributed by atoms with Gasteiger partial charge < -0.3 is 10.2 Å². The topological polar surface area (TPSA) is 43.7 Å². The van der Waals surface area contributed by atoms with Crippen molar-refractivity contribution in [1.29, 1.82) is 0 Å². The minimum Gasteiger partial charge on any atom is -0.395 e. The molecule has 1 unspecified atom stereocenters. The Kier molecular flexibility index (Phi) is 28.0. The molecule has 0 aliphatic heterocycles. The maximum absolute atomic E-state index is 9.94. The van der Waals surface area contributed by atoms with Crippen LogP contribution in [0.25, 0.3) is 0 Å². The van der Waals surface area contributed by atoms with Crippen LogP contribution in [-0.4, -0.2) is 47.5 Å². The molecule has 0 saturated heterocycles. The van der Waals surface area contributed by atoms with Gasteiger partial charge in [0.1, 0.15) is 0 Å². The molecule has 0 aromatic heterocycles. The summed E-state index contributed by atoms with van der Waals surface area (Å²) in [4.78, 5) is 2.35. The zero-order valence-electron chi connectivity index (χ0n) is 23.0. The molecule has 0 rings (SSSR count). The minimum absolute atomic E-state index is 0.201. The molecule has 0 fully saturated rings. The van der Waals surface area contributed by atoms with E-state index < -0.39 is 0 Å². The Balaban J connectivity index is 3.71. The van der Waals surface area contributed by atoms with Crippen molar-refractivity contribution >= 4 is 0 Å². The standard InChI is InChI=1S/C30H63NO2/c1-3-5-7-9-11-13-15-16-17-19-21-23-25-30(29-33)31(27-28-32)26-24-22-20-18-14-12-10-8-6-4-2/h30,32-33H,3-29H2,1-2H3. The molecule has 0 aliphatic rings. The zero-order valence-corrected chi connectivity index (χ0v) is 23.0. The average Bonchev–Trinajstić information content (AvgIpc) is 2.83. The summed E-state index contributed by atoms with van der Waals surface area (Å²) < 4.78 is 0. The molecule has 0 spiro atoms. The van der Waals surface area contributed by atoms with E-state index in [0.29, 0.717) is 6.54 Å². The second kappa shape index (κ2) is 28.1. The first-order chi connectivity index (χ1) is 16.3. The van der Waals surface area contributed by atoms with Crippen LogP contribution in [0, 0.1) is 0 Å². The molecule has 0 aromatic rings. The third kappa shape index (κ3) is 23.4. The maximum atomic E-state index is 9.94. The van der Waals surface area contributed by atoms with Crippen molar-refractivity contribution in [3.63, 3.8) is 0 Å². The Labute approximate surface area is 209 Å². The molecular formula is C30H63NO2. The van der Waals surface area contributed by atoms with Gasteiger partial charge in [0.25, 0.3) is 0 Å². The molecule has 1 atom stereocenters. The lowest BCUT2D eigenvalue weighted by atomic mass is 10.0. The van der Waals surface area contributed by atoms with Crippen molar-refractivity contribution in [2.45, 2.75) is 168 Å². The fraction of sp³-hybridized carbons (Fsp3) is 1.00. The van der Waals surface area contributed by atoms with E-state index in [9.17, 15) is 10.2 Å². The Morgan fingerprint density at radius 3 is 1.18 bits per heavy atom. The number of hydrogen-bond acceptors (Lipinski definition) is 3. The van der Waals surface area contributed by atoms with Gasteiger partial charge in [0.15, 0.2) is 0 Å². The van der Waals surface area contributed by atoms with E-state index in [2.05, 4.69) is 18.7 Å². The van der Waals surface area contributed by atoms with Crippen LogP contribution >= 0.6 is 0 Å². The fourth-order valence-electron chi connectivity index (χ4n) is 5.02. The smallest absolute Gasteiger partial charge is 0.0586 e. The van der Waals surface area contributed by atoms with E-state index >= 15 is 0 Å². The fourth-order valence-corrected chi connectivity index (χ4v) is 5.02. The van der Waals surface area contributed by atoms with Gasteiger partial charge in [0.2, 0.25) is 0 Å². The van der Waals surface area contributed by atoms with Gasteiger partial charge in [-0.2, -0.15) is 0 Å². The number of nitrogens with zero attached hydrogens (tertiary/aromatic N) is 1. The van der Waals surface area contributed by atoms with Crippen molar-refractivity contribution in [2.24, 2.45) is 0 Å². The Morgan fingerprint density at radius 2 is 0.818 bits per heavy atom. The summed E-state index contributed by atoms with van der Waals surface area (Å²) in [5.41, 5.74) is 0. The molecule has 0 saturated carbocycles. The Hall–Kier alpha value is -0.120. The molecule has 3 heteroatoms. The van der Waals surface area contributed by atoms with Gasteiger partial charge >= 0.3 is 0 Å². The summed E-state index contributed by atoms with van der Waals surface area (Å²) in [7, 11) is 0. The van der Waals surface area contributed by atoms with Gasteiger partial charge in [-0.05, 0) is 19.4 Å². The lowest BCUT2D eigenvalue weighted by Gasteiger charge is -2.30. The molecule has 0 aromatic carbocycles.